The number of carbonyl (C=O) groups excluding carboxylic acids is 2. The third-order valence-corrected chi connectivity index (χ3v) is 5.77. The Hall–Kier alpha value is -2.80. The monoisotopic (exact) mass is 398 g/mol. The van der Waals surface area contributed by atoms with Crippen molar-refractivity contribution >= 4 is 33.3 Å². The Morgan fingerprint density at radius 2 is 1.89 bits per heavy atom. The van der Waals surface area contributed by atoms with Crippen molar-refractivity contribution < 1.29 is 14.3 Å². The first-order chi connectivity index (χ1) is 13.2. The van der Waals surface area contributed by atoms with Crippen LogP contribution in [0.3, 0.4) is 0 Å². The molecule has 28 heavy (non-hydrogen) atoms. The summed E-state index contributed by atoms with van der Waals surface area (Å²) in [5.41, 5.74) is 2.88. The van der Waals surface area contributed by atoms with Crippen molar-refractivity contribution in [3.63, 3.8) is 0 Å². The van der Waals surface area contributed by atoms with E-state index in [9.17, 15) is 14.4 Å². The number of esters is 1. The normalized spacial score (nSPS) is 11.2. The molecule has 3 aromatic rings. The molecule has 0 aliphatic carbocycles. The maximum atomic E-state index is 12.9. The molecular weight excluding hydrogens is 376 g/mol. The van der Waals surface area contributed by atoms with Crippen molar-refractivity contribution in [1.29, 1.82) is 0 Å². The molecule has 0 radical (unpaired) electrons. The van der Waals surface area contributed by atoms with E-state index in [1.165, 1.54) is 10.9 Å². The number of nitrogens with zero attached hydrogens (tertiary/aromatic N) is 2. The van der Waals surface area contributed by atoms with Crippen molar-refractivity contribution in [2.45, 2.75) is 47.3 Å². The summed E-state index contributed by atoms with van der Waals surface area (Å²) in [5, 5.41) is 0.357. The van der Waals surface area contributed by atoms with Gasteiger partial charge in [-0.25, -0.2) is 9.78 Å². The van der Waals surface area contributed by atoms with Crippen LogP contribution in [0.4, 0.5) is 0 Å². The van der Waals surface area contributed by atoms with Crippen LogP contribution in [-0.2, 0) is 11.3 Å². The van der Waals surface area contributed by atoms with Gasteiger partial charge in [0, 0.05) is 5.56 Å². The molecule has 0 aliphatic rings. The molecule has 3 rings (SSSR count). The zero-order chi connectivity index (χ0) is 20.6. The number of ether oxygens (including phenoxy) is 1. The van der Waals surface area contributed by atoms with Gasteiger partial charge in [0.2, 0.25) is 0 Å². The van der Waals surface area contributed by atoms with E-state index in [0.29, 0.717) is 26.2 Å². The summed E-state index contributed by atoms with van der Waals surface area (Å²) in [7, 11) is 0. The fourth-order valence-corrected chi connectivity index (χ4v) is 3.92. The van der Waals surface area contributed by atoms with Crippen LogP contribution in [0, 0.1) is 20.8 Å². The van der Waals surface area contributed by atoms with Crippen LogP contribution in [0.1, 0.15) is 50.6 Å². The van der Waals surface area contributed by atoms with Crippen LogP contribution in [0.5, 0.6) is 0 Å². The largest absolute Gasteiger partial charge is 0.459 e. The third kappa shape index (κ3) is 3.75. The quantitative estimate of drug-likeness (QED) is 0.482. The van der Waals surface area contributed by atoms with Gasteiger partial charge in [-0.15, -0.1) is 11.3 Å². The molecule has 0 aliphatic heterocycles. The summed E-state index contributed by atoms with van der Waals surface area (Å²) < 4.78 is 6.53. The summed E-state index contributed by atoms with van der Waals surface area (Å²) in [4.78, 5) is 42.9. The molecule has 1 aromatic carbocycles. The third-order valence-electron chi connectivity index (χ3n) is 4.59. The standard InChI is InChI=1S/C21H22N2O4S/c1-11(2)27-21(26)18-14(5)17-19(28-18)22-10-23(20(17)25)9-16(24)15-7-6-12(3)13(4)8-15/h6-8,10-11H,9H2,1-5H3. The highest BCUT2D eigenvalue weighted by atomic mass is 32.1. The van der Waals surface area contributed by atoms with Gasteiger partial charge >= 0.3 is 5.97 Å². The maximum Gasteiger partial charge on any atom is 0.348 e. The Labute approximate surface area is 166 Å². The molecule has 6 nitrogen and oxygen atoms in total. The van der Waals surface area contributed by atoms with Gasteiger partial charge in [0.15, 0.2) is 5.78 Å². The summed E-state index contributed by atoms with van der Waals surface area (Å²) in [5.74, 6) is -0.633. The SMILES string of the molecule is Cc1ccc(C(=O)Cn2cnc3sc(C(=O)OC(C)C)c(C)c3c2=O)cc1C. The van der Waals surface area contributed by atoms with Gasteiger partial charge < -0.3 is 4.74 Å². The van der Waals surface area contributed by atoms with Crippen LogP contribution in [0.25, 0.3) is 10.2 Å². The molecule has 7 heteroatoms. The van der Waals surface area contributed by atoms with Gasteiger partial charge in [-0.1, -0.05) is 12.1 Å². The number of rotatable bonds is 5. The topological polar surface area (TPSA) is 78.3 Å². The van der Waals surface area contributed by atoms with E-state index in [1.54, 1.807) is 26.8 Å². The number of fused-ring (bicyclic) bond motifs is 1. The highest BCUT2D eigenvalue weighted by Gasteiger charge is 2.21. The lowest BCUT2D eigenvalue weighted by molar-refractivity contribution is 0.0383. The van der Waals surface area contributed by atoms with Crippen molar-refractivity contribution in [2.24, 2.45) is 0 Å². The van der Waals surface area contributed by atoms with Gasteiger partial charge in [0.1, 0.15) is 9.71 Å². The van der Waals surface area contributed by atoms with Gasteiger partial charge in [0.25, 0.3) is 5.56 Å². The van der Waals surface area contributed by atoms with Crippen molar-refractivity contribution in [3.05, 3.63) is 62.0 Å². The first-order valence-electron chi connectivity index (χ1n) is 8.99. The Kier molecular flexibility index (Phi) is 5.47. The van der Waals surface area contributed by atoms with Crippen molar-refractivity contribution in [1.82, 2.24) is 9.55 Å². The Balaban J connectivity index is 1.97. The summed E-state index contributed by atoms with van der Waals surface area (Å²) >= 11 is 1.13. The molecular formula is C21H22N2O4S. The second-order valence-electron chi connectivity index (χ2n) is 7.09. The molecule has 0 unspecified atom stereocenters. The highest BCUT2D eigenvalue weighted by Crippen LogP contribution is 2.27. The number of ketones is 1. The van der Waals surface area contributed by atoms with E-state index >= 15 is 0 Å². The second-order valence-corrected chi connectivity index (χ2v) is 8.09. The fourth-order valence-electron chi connectivity index (χ4n) is 2.89. The van der Waals surface area contributed by atoms with Crippen LogP contribution in [-0.4, -0.2) is 27.4 Å². The molecule has 2 aromatic heterocycles. The van der Waals surface area contributed by atoms with Crippen LogP contribution < -0.4 is 5.56 Å². The lowest BCUT2D eigenvalue weighted by Gasteiger charge is -2.07. The molecule has 0 saturated heterocycles. The average Bonchev–Trinajstić information content (AvgIpc) is 2.96. The first kappa shape index (κ1) is 19.9. The van der Waals surface area contributed by atoms with Crippen LogP contribution in [0.2, 0.25) is 0 Å². The maximum absolute atomic E-state index is 12.9. The predicted molar refractivity (Wildman–Crippen MR) is 109 cm³/mol. The number of benzene rings is 1. The van der Waals surface area contributed by atoms with Crippen molar-refractivity contribution in [2.75, 3.05) is 0 Å². The summed E-state index contributed by atoms with van der Waals surface area (Å²) in [6.07, 6.45) is 1.11. The average molecular weight is 398 g/mol. The number of aryl methyl sites for hydroxylation is 3. The molecule has 0 spiro atoms. The van der Waals surface area contributed by atoms with E-state index < -0.39 is 5.97 Å². The lowest BCUT2D eigenvalue weighted by Crippen LogP contribution is -2.24. The minimum atomic E-state index is -0.465. The molecule has 2 heterocycles. The molecule has 0 atom stereocenters. The lowest BCUT2D eigenvalue weighted by atomic mass is 10.0. The molecule has 0 amide bonds. The highest BCUT2D eigenvalue weighted by molar-refractivity contribution is 7.20. The van der Waals surface area contributed by atoms with E-state index in [2.05, 4.69) is 4.98 Å². The van der Waals surface area contributed by atoms with Crippen LogP contribution >= 0.6 is 11.3 Å². The van der Waals surface area contributed by atoms with E-state index in [1.807, 2.05) is 26.0 Å². The zero-order valence-corrected chi connectivity index (χ0v) is 17.3. The Bertz CT molecular complexity index is 1140. The number of aromatic nitrogens is 2. The molecule has 146 valence electrons. The first-order valence-corrected chi connectivity index (χ1v) is 9.80. The van der Waals surface area contributed by atoms with Crippen molar-refractivity contribution in [3.8, 4) is 0 Å². The Morgan fingerprint density at radius 1 is 1.18 bits per heavy atom. The summed E-state index contributed by atoms with van der Waals surface area (Å²) in [6, 6.07) is 5.48. The number of hydrogen-bond acceptors (Lipinski definition) is 6. The molecule has 0 N–H and O–H groups in total. The van der Waals surface area contributed by atoms with Gasteiger partial charge in [0.05, 0.1) is 24.4 Å². The van der Waals surface area contributed by atoms with E-state index in [-0.39, 0.29) is 24.0 Å². The zero-order valence-electron chi connectivity index (χ0n) is 16.5. The Morgan fingerprint density at radius 3 is 2.54 bits per heavy atom. The fraction of sp³-hybridized carbons (Fsp3) is 0.333. The number of carbonyl (C=O) groups is 2. The second kappa shape index (κ2) is 7.67. The number of thiophene rings is 1. The summed E-state index contributed by atoms with van der Waals surface area (Å²) in [6.45, 7) is 9.06. The van der Waals surface area contributed by atoms with E-state index in [4.69, 9.17) is 4.74 Å². The molecule has 0 bridgehead atoms. The number of hydrogen-bond donors (Lipinski definition) is 0. The predicted octanol–water partition coefficient (Wildman–Crippen LogP) is 3.83. The number of Topliss-reactive ketones (excluding diaryl/α,β-unsaturated/α-hetero) is 1. The van der Waals surface area contributed by atoms with Gasteiger partial charge in [-0.05, 0) is 57.4 Å². The smallest absolute Gasteiger partial charge is 0.348 e. The molecule has 0 saturated carbocycles. The minimum Gasteiger partial charge on any atom is -0.459 e. The van der Waals surface area contributed by atoms with Crippen LogP contribution in [0.15, 0.2) is 29.3 Å². The minimum absolute atomic E-state index is 0.106. The van der Waals surface area contributed by atoms with Gasteiger partial charge in [-0.2, -0.15) is 0 Å². The van der Waals surface area contributed by atoms with Gasteiger partial charge in [-0.3, -0.25) is 14.2 Å². The molecule has 0 fully saturated rings. The van der Waals surface area contributed by atoms with E-state index in [0.717, 1.165) is 22.5 Å².